The molecule has 0 saturated heterocycles. The second-order valence-electron chi connectivity index (χ2n) is 5.06. The standard InChI is InChI=1S/C15H17N3/c1-11(10-16)14(17)18-9-8-12-6-4-5-7-13(12)15(18,2)3/h4-7,17H,1,8-9H2,2-3H3. The van der Waals surface area contributed by atoms with Crippen LogP contribution in [0, 0.1) is 16.7 Å². The van der Waals surface area contributed by atoms with Crippen LogP contribution < -0.4 is 0 Å². The Balaban J connectivity index is 2.42. The van der Waals surface area contributed by atoms with E-state index < -0.39 is 0 Å². The van der Waals surface area contributed by atoms with Gasteiger partial charge in [-0.3, -0.25) is 5.41 Å². The van der Waals surface area contributed by atoms with Gasteiger partial charge in [-0.05, 0) is 31.4 Å². The van der Waals surface area contributed by atoms with Gasteiger partial charge in [-0.1, -0.05) is 30.8 Å². The average molecular weight is 239 g/mol. The van der Waals surface area contributed by atoms with E-state index in [1.165, 1.54) is 11.1 Å². The highest BCUT2D eigenvalue weighted by Gasteiger charge is 2.36. The molecule has 1 aromatic rings. The number of rotatable bonds is 1. The van der Waals surface area contributed by atoms with E-state index in [4.69, 9.17) is 10.7 Å². The summed E-state index contributed by atoms with van der Waals surface area (Å²) < 4.78 is 0. The van der Waals surface area contributed by atoms with Gasteiger partial charge in [0.1, 0.15) is 11.9 Å². The molecule has 1 aromatic carbocycles. The lowest BCUT2D eigenvalue weighted by Gasteiger charge is -2.45. The average Bonchev–Trinajstić information content (AvgIpc) is 2.37. The molecule has 0 aliphatic carbocycles. The van der Waals surface area contributed by atoms with Gasteiger partial charge in [-0.15, -0.1) is 0 Å². The fourth-order valence-corrected chi connectivity index (χ4v) is 2.60. The first-order valence-electron chi connectivity index (χ1n) is 6.02. The molecule has 0 amide bonds. The Kier molecular flexibility index (Phi) is 2.96. The van der Waals surface area contributed by atoms with E-state index in [2.05, 4.69) is 32.6 Å². The molecule has 18 heavy (non-hydrogen) atoms. The lowest BCUT2D eigenvalue weighted by atomic mass is 9.83. The zero-order valence-electron chi connectivity index (χ0n) is 10.8. The number of nitrogens with one attached hydrogen (secondary N) is 1. The van der Waals surface area contributed by atoms with Crippen LogP contribution in [0.4, 0.5) is 0 Å². The van der Waals surface area contributed by atoms with Crippen LogP contribution in [0.5, 0.6) is 0 Å². The molecule has 0 fully saturated rings. The highest BCUT2D eigenvalue weighted by atomic mass is 15.2. The first-order valence-corrected chi connectivity index (χ1v) is 6.02. The molecule has 3 nitrogen and oxygen atoms in total. The monoisotopic (exact) mass is 239 g/mol. The van der Waals surface area contributed by atoms with Gasteiger partial charge in [-0.2, -0.15) is 5.26 Å². The molecule has 0 spiro atoms. The third-order valence-electron chi connectivity index (χ3n) is 3.65. The molecule has 0 saturated carbocycles. The molecular formula is C15H17N3. The van der Waals surface area contributed by atoms with Crippen LogP contribution in [0.3, 0.4) is 0 Å². The van der Waals surface area contributed by atoms with Crippen molar-refractivity contribution in [1.29, 1.82) is 10.7 Å². The van der Waals surface area contributed by atoms with Crippen molar-refractivity contribution in [2.45, 2.75) is 25.8 Å². The van der Waals surface area contributed by atoms with E-state index in [-0.39, 0.29) is 16.9 Å². The molecule has 2 rings (SSSR count). The Morgan fingerprint density at radius 2 is 2.11 bits per heavy atom. The Hall–Kier alpha value is -2.08. The number of nitrogens with zero attached hydrogens (tertiary/aromatic N) is 2. The van der Waals surface area contributed by atoms with Crippen LogP contribution in [-0.2, 0) is 12.0 Å². The Labute approximate surface area is 108 Å². The second kappa shape index (κ2) is 4.30. The highest BCUT2D eigenvalue weighted by molar-refractivity contribution is 5.99. The Morgan fingerprint density at radius 3 is 2.78 bits per heavy atom. The maximum Gasteiger partial charge on any atom is 0.138 e. The van der Waals surface area contributed by atoms with Crippen LogP contribution in [0.1, 0.15) is 25.0 Å². The van der Waals surface area contributed by atoms with Crippen molar-refractivity contribution in [1.82, 2.24) is 4.90 Å². The number of fused-ring (bicyclic) bond motifs is 1. The summed E-state index contributed by atoms with van der Waals surface area (Å²) in [7, 11) is 0. The molecule has 0 aromatic heterocycles. The normalized spacial score (nSPS) is 16.6. The van der Waals surface area contributed by atoms with E-state index >= 15 is 0 Å². The van der Waals surface area contributed by atoms with E-state index in [0.29, 0.717) is 0 Å². The maximum absolute atomic E-state index is 8.88. The van der Waals surface area contributed by atoms with Crippen molar-refractivity contribution >= 4 is 5.84 Å². The summed E-state index contributed by atoms with van der Waals surface area (Å²) in [5.74, 6) is 0.233. The highest BCUT2D eigenvalue weighted by Crippen LogP contribution is 2.35. The van der Waals surface area contributed by atoms with Crippen molar-refractivity contribution in [3.8, 4) is 6.07 Å². The van der Waals surface area contributed by atoms with Gasteiger partial charge in [0, 0.05) is 6.54 Å². The van der Waals surface area contributed by atoms with Crippen molar-refractivity contribution in [2.24, 2.45) is 0 Å². The predicted octanol–water partition coefficient (Wildman–Crippen LogP) is 2.84. The molecule has 1 N–H and O–H groups in total. The van der Waals surface area contributed by atoms with E-state index in [1.54, 1.807) is 0 Å². The zero-order chi connectivity index (χ0) is 13.3. The third kappa shape index (κ3) is 1.80. The summed E-state index contributed by atoms with van der Waals surface area (Å²) in [5.41, 5.74) is 2.51. The second-order valence-corrected chi connectivity index (χ2v) is 5.06. The molecule has 3 heteroatoms. The number of hydrogen-bond donors (Lipinski definition) is 1. The van der Waals surface area contributed by atoms with Crippen LogP contribution in [-0.4, -0.2) is 17.3 Å². The van der Waals surface area contributed by atoms with Gasteiger partial charge in [-0.25, -0.2) is 0 Å². The van der Waals surface area contributed by atoms with E-state index in [9.17, 15) is 0 Å². The summed E-state index contributed by atoms with van der Waals surface area (Å²) in [6.45, 7) is 8.57. The third-order valence-corrected chi connectivity index (χ3v) is 3.65. The predicted molar refractivity (Wildman–Crippen MR) is 72.4 cm³/mol. The molecule has 92 valence electrons. The first-order chi connectivity index (χ1) is 8.48. The minimum absolute atomic E-state index is 0.224. The van der Waals surface area contributed by atoms with Crippen LogP contribution in [0.2, 0.25) is 0 Å². The molecule has 1 aliphatic rings. The molecular weight excluding hydrogens is 222 g/mol. The number of benzene rings is 1. The topological polar surface area (TPSA) is 50.9 Å². The van der Waals surface area contributed by atoms with Crippen molar-refractivity contribution in [3.05, 3.63) is 47.5 Å². The Bertz CT molecular complexity index is 549. The summed E-state index contributed by atoms with van der Waals surface area (Å²) in [5, 5.41) is 17.0. The molecule has 0 atom stereocenters. The lowest BCUT2D eigenvalue weighted by molar-refractivity contribution is 0.200. The SMILES string of the molecule is C=C(C#N)C(=N)N1CCc2ccccc2C1(C)C. The number of hydrogen-bond acceptors (Lipinski definition) is 2. The van der Waals surface area contributed by atoms with Crippen molar-refractivity contribution in [3.63, 3.8) is 0 Å². The van der Waals surface area contributed by atoms with Gasteiger partial charge in [0.15, 0.2) is 0 Å². The van der Waals surface area contributed by atoms with E-state index in [0.717, 1.165) is 13.0 Å². The van der Waals surface area contributed by atoms with Crippen LogP contribution in [0.25, 0.3) is 0 Å². The van der Waals surface area contributed by atoms with Gasteiger partial charge >= 0.3 is 0 Å². The van der Waals surface area contributed by atoms with Crippen molar-refractivity contribution < 1.29 is 0 Å². The number of nitriles is 1. The van der Waals surface area contributed by atoms with Gasteiger partial charge in [0.2, 0.25) is 0 Å². The Morgan fingerprint density at radius 1 is 1.44 bits per heavy atom. The quantitative estimate of drug-likeness (QED) is 0.465. The molecule has 0 bridgehead atoms. The fraction of sp³-hybridized carbons (Fsp3) is 0.333. The molecule has 0 unspecified atom stereocenters. The fourth-order valence-electron chi connectivity index (χ4n) is 2.60. The van der Waals surface area contributed by atoms with Gasteiger partial charge in [0.25, 0.3) is 0 Å². The first kappa shape index (κ1) is 12.4. The van der Waals surface area contributed by atoms with Crippen LogP contribution >= 0.6 is 0 Å². The van der Waals surface area contributed by atoms with E-state index in [1.807, 2.05) is 23.1 Å². The van der Waals surface area contributed by atoms with Crippen molar-refractivity contribution in [2.75, 3.05) is 6.54 Å². The maximum atomic E-state index is 8.88. The molecule has 0 radical (unpaired) electrons. The summed E-state index contributed by atoms with van der Waals surface area (Å²) >= 11 is 0. The molecule has 1 heterocycles. The summed E-state index contributed by atoms with van der Waals surface area (Å²) in [6, 6.07) is 10.3. The summed E-state index contributed by atoms with van der Waals surface area (Å²) in [6.07, 6.45) is 0.903. The minimum atomic E-state index is -0.272. The summed E-state index contributed by atoms with van der Waals surface area (Å²) in [4.78, 5) is 1.96. The minimum Gasteiger partial charge on any atom is -0.346 e. The molecule has 1 aliphatic heterocycles. The van der Waals surface area contributed by atoms with Gasteiger partial charge in [0.05, 0.1) is 11.1 Å². The number of amidine groups is 1. The lowest BCUT2D eigenvalue weighted by Crippen LogP contribution is -2.50. The zero-order valence-corrected chi connectivity index (χ0v) is 10.8. The largest absolute Gasteiger partial charge is 0.346 e. The smallest absolute Gasteiger partial charge is 0.138 e. The van der Waals surface area contributed by atoms with Crippen LogP contribution in [0.15, 0.2) is 36.4 Å². The van der Waals surface area contributed by atoms with Gasteiger partial charge < -0.3 is 4.90 Å².